The summed E-state index contributed by atoms with van der Waals surface area (Å²) >= 11 is 0. The van der Waals surface area contributed by atoms with Crippen LogP contribution < -0.4 is 5.73 Å². The average Bonchev–Trinajstić information content (AvgIpc) is 2.92. The molecule has 1 aliphatic heterocycles. The molecular weight excluding hydrogens is 238 g/mol. The van der Waals surface area contributed by atoms with Gasteiger partial charge in [0.1, 0.15) is 0 Å². The smallest absolute Gasteiger partial charge is 0.230 e. The maximum atomic E-state index is 12.6. The summed E-state index contributed by atoms with van der Waals surface area (Å²) in [5.74, 6) is 0.340. The van der Waals surface area contributed by atoms with Crippen molar-refractivity contribution in [2.45, 2.75) is 51.0 Å². The molecule has 0 radical (unpaired) electrons. The monoisotopic (exact) mass is 265 g/mol. The molecular formula is C15H27N3O. The largest absolute Gasteiger partial charge is 0.340 e. The van der Waals surface area contributed by atoms with Crippen LogP contribution in [0.3, 0.4) is 0 Å². The molecule has 0 spiro atoms. The first-order valence-corrected chi connectivity index (χ1v) is 7.99. The van der Waals surface area contributed by atoms with E-state index < -0.39 is 0 Å². The zero-order valence-corrected chi connectivity index (χ0v) is 11.9. The molecule has 2 N–H and O–H groups in total. The predicted molar refractivity (Wildman–Crippen MR) is 75.7 cm³/mol. The molecule has 0 unspecified atom stereocenters. The van der Waals surface area contributed by atoms with Gasteiger partial charge in [0.25, 0.3) is 0 Å². The Hall–Kier alpha value is -0.610. The fourth-order valence-corrected chi connectivity index (χ4v) is 4.00. The summed E-state index contributed by atoms with van der Waals surface area (Å²) in [5, 5.41) is 0. The molecule has 1 saturated heterocycles. The number of amides is 1. The van der Waals surface area contributed by atoms with Crippen LogP contribution >= 0.6 is 0 Å². The maximum Gasteiger partial charge on any atom is 0.230 e. The van der Waals surface area contributed by atoms with Crippen LogP contribution in [0.1, 0.15) is 44.9 Å². The van der Waals surface area contributed by atoms with Crippen LogP contribution in [-0.2, 0) is 4.79 Å². The first-order valence-electron chi connectivity index (χ1n) is 7.99. The van der Waals surface area contributed by atoms with Crippen LogP contribution in [0.15, 0.2) is 0 Å². The molecule has 0 aromatic heterocycles. The molecule has 3 rings (SSSR count). The van der Waals surface area contributed by atoms with Gasteiger partial charge in [0.05, 0.1) is 5.41 Å². The zero-order chi connectivity index (χ0) is 13.3. The number of hydrogen-bond acceptors (Lipinski definition) is 3. The number of rotatable bonds is 3. The first kappa shape index (κ1) is 13.4. The van der Waals surface area contributed by atoms with Crippen molar-refractivity contribution in [2.24, 2.45) is 11.1 Å². The van der Waals surface area contributed by atoms with Gasteiger partial charge in [-0.25, -0.2) is 0 Å². The van der Waals surface area contributed by atoms with Crippen LogP contribution in [-0.4, -0.2) is 54.5 Å². The Morgan fingerprint density at radius 2 is 1.68 bits per heavy atom. The van der Waals surface area contributed by atoms with E-state index in [0.29, 0.717) is 12.5 Å². The molecule has 0 aromatic carbocycles. The molecule has 1 amide bonds. The highest BCUT2D eigenvalue weighted by Gasteiger charge is 2.45. The van der Waals surface area contributed by atoms with E-state index in [2.05, 4.69) is 9.80 Å². The minimum Gasteiger partial charge on any atom is -0.340 e. The van der Waals surface area contributed by atoms with Crippen molar-refractivity contribution >= 4 is 5.91 Å². The first-order chi connectivity index (χ1) is 9.25. The van der Waals surface area contributed by atoms with Gasteiger partial charge in [0, 0.05) is 38.8 Å². The lowest BCUT2D eigenvalue weighted by molar-refractivity contribution is -0.148. The third-order valence-electron chi connectivity index (χ3n) is 5.60. The highest BCUT2D eigenvalue weighted by Crippen LogP contribution is 2.41. The lowest BCUT2D eigenvalue weighted by atomic mass is 9.67. The zero-order valence-electron chi connectivity index (χ0n) is 11.9. The summed E-state index contributed by atoms with van der Waals surface area (Å²) in [6.07, 6.45) is 8.68. The summed E-state index contributed by atoms with van der Waals surface area (Å²) in [5.41, 5.74) is 5.66. The maximum absolute atomic E-state index is 12.6. The lowest BCUT2D eigenvalue weighted by Crippen LogP contribution is -2.58. The van der Waals surface area contributed by atoms with Crippen molar-refractivity contribution in [3.05, 3.63) is 0 Å². The summed E-state index contributed by atoms with van der Waals surface area (Å²) < 4.78 is 0. The van der Waals surface area contributed by atoms with Crippen LogP contribution in [0.2, 0.25) is 0 Å². The average molecular weight is 265 g/mol. The van der Waals surface area contributed by atoms with Crippen LogP contribution in [0, 0.1) is 5.41 Å². The normalized spacial score (nSPS) is 28.4. The van der Waals surface area contributed by atoms with Crippen molar-refractivity contribution in [3.8, 4) is 0 Å². The summed E-state index contributed by atoms with van der Waals surface area (Å²) in [7, 11) is 0. The SMILES string of the molecule is NCC1(C(=O)N2CCN(C3CCCC3)CC2)CCC1. The van der Waals surface area contributed by atoms with Crippen molar-refractivity contribution in [1.29, 1.82) is 0 Å². The van der Waals surface area contributed by atoms with Gasteiger partial charge in [-0.15, -0.1) is 0 Å². The summed E-state index contributed by atoms with van der Waals surface area (Å²) in [6.45, 7) is 4.50. The highest BCUT2D eigenvalue weighted by molar-refractivity contribution is 5.84. The molecule has 0 atom stereocenters. The standard InChI is InChI=1S/C15H27N3O/c16-12-15(6-3-7-15)14(19)18-10-8-17(9-11-18)13-4-1-2-5-13/h13H,1-12,16H2. The van der Waals surface area contributed by atoms with E-state index in [4.69, 9.17) is 5.73 Å². The van der Waals surface area contributed by atoms with E-state index in [-0.39, 0.29) is 5.41 Å². The molecule has 0 aromatic rings. The van der Waals surface area contributed by atoms with Crippen LogP contribution in [0.4, 0.5) is 0 Å². The Morgan fingerprint density at radius 3 is 2.16 bits per heavy atom. The lowest BCUT2D eigenvalue weighted by Gasteiger charge is -2.46. The van der Waals surface area contributed by atoms with Gasteiger partial charge in [0.2, 0.25) is 5.91 Å². The predicted octanol–water partition coefficient (Wildman–Crippen LogP) is 1.20. The Labute approximate surface area is 116 Å². The van der Waals surface area contributed by atoms with Gasteiger partial charge in [-0.1, -0.05) is 19.3 Å². The van der Waals surface area contributed by atoms with Gasteiger partial charge >= 0.3 is 0 Å². The van der Waals surface area contributed by atoms with Gasteiger partial charge in [-0.05, 0) is 25.7 Å². The highest BCUT2D eigenvalue weighted by atomic mass is 16.2. The molecule has 2 saturated carbocycles. The molecule has 4 heteroatoms. The second-order valence-electron chi connectivity index (χ2n) is 6.60. The Morgan fingerprint density at radius 1 is 1.05 bits per heavy atom. The molecule has 0 bridgehead atoms. The number of nitrogens with two attached hydrogens (primary N) is 1. The number of carbonyl (C=O) groups is 1. The minimum absolute atomic E-state index is 0.185. The van der Waals surface area contributed by atoms with Gasteiger partial charge in [-0.3, -0.25) is 9.69 Å². The van der Waals surface area contributed by atoms with Crippen LogP contribution in [0.5, 0.6) is 0 Å². The third kappa shape index (κ3) is 2.40. The van der Waals surface area contributed by atoms with Crippen molar-refractivity contribution in [3.63, 3.8) is 0 Å². The van der Waals surface area contributed by atoms with E-state index in [0.717, 1.165) is 45.1 Å². The Balaban J connectivity index is 1.53. The van der Waals surface area contributed by atoms with E-state index in [1.54, 1.807) is 0 Å². The molecule has 108 valence electrons. The molecule has 3 fully saturated rings. The minimum atomic E-state index is -0.185. The fourth-order valence-electron chi connectivity index (χ4n) is 4.00. The number of nitrogens with zero attached hydrogens (tertiary/aromatic N) is 2. The van der Waals surface area contributed by atoms with Gasteiger partial charge < -0.3 is 10.6 Å². The Bertz CT molecular complexity index is 321. The van der Waals surface area contributed by atoms with E-state index in [1.807, 2.05) is 0 Å². The molecule has 1 heterocycles. The van der Waals surface area contributed by atoms with Crippen molar-refractivity contribution in [2.75, 3.05) is 32.7 Å². The number of hydrogen-bond donors (Lipinski definition) is 1. The number of carbonyl (C=O) groups excluding carboxylic acids is 1. The molecule has 4 nitrogen and oxygen atoms in total. The third-order valence-corrected chi connectivity index (χ3v) is 5.60. The fraction of sp³-hybridized carbons (Fsp3) is 0.933. The van der Waals surface area contributed by atoms with E-state index in [9.17, 15) is 4.79 Å². The summed E-state index contributed by atoms with van der Waals surface area (Å²) in [6, 6.07) is 0.796. The van der Waals surface area contributed by atoms with Crippen molar-refractivity contribution < 1.29 is 4.79 Å². The van der Waals surface area contributed by atoms with E-state index in [1.165, 1.54) is 32.1 Å². The molecule has 19 heavy (non-hydrogen) atoms. The van der Waals surface area contributed by atoms with Gasteiger partial charge in [-0.2, -0.15) is 0 Å². The quantitative estimate of drug-likeness (QED) is 0.834. The van der Waals surface area contributed by atoms with E-state index >= 15 is 0 Å². The Kier molecular flexibility index (Phi) is 3.81. The molecule has 2 aliphatic carbocycles. The summed E-state index contributed by atoms with van der Waals surface area (Å²) in [4.78, 5) is 17.3. The van der Waals surface area contributed by atoms with Gasteiger partial charge in [0.15, 0.2) is 0 Å². The second kappa shape index (κ2) is 5.41. The second-order valence-corrected chi connectivity index (χ2v) is 6.60. The van der Waals surface area contributed by atoms with Crippen LogP contribution in [0.25, 0.3) is 0 Å². The molecule has 3 aliphatic rings. The topological polar surface area (TPSA) is 49.6 Å². The number of piperazine rings is 1. The van der Waals surface area contributed by atoms with Crippen molar-refractivity contribution in [1.82, 2.24) is 9.80 Å².